The molecule has 0 saturated heterocycles. The normalized spacial score (nSPS) is 12.2. The molecule has 0 bridgehead atoms. The van der Waals surface area contributed by atoms with Gasteiger partial charge >= 0.3 is 0 Å². The fourth-order valence-electron chi connectivity index (χ4n) is 3.78. The molecule has 0 fully saturated rings. The van der Waals surface area contributed by atoms with E-state index < -0.39 is 10.0 Å². The Kier molecular flexibility index (Phi) is 3.58. The van der Waals surface area contributed by atoms with E-state index in [1.165, 1.54) is 16.1 Å². The van der Waals surface area contributed by atoms with E-state index >= 15 is 0 Å². The number of hydrogen-bond acceptors (Lipinski definition) is 2. The first kappa shape index (κ1) is 17.0. The highest BCUT2D eigenvalue weighted by Gasteiger charge is 2.24. The van der Waals surface area contributed by atoms with Crippen molar-refractivity contribution in [2.24, 2.45) is 0 Å². The minimum absolute atomic E-state index is 0.222. The van der Waals surface area contributed by atoms with Crippen molar-refractivity contribution in [3.63, 3.8) is 0 Å². The Labute approximate surface area is 161 Å². The van der Waals surface area contributed by atoms with E-state index in [4.69, 9.17) is 0 Å². The first-order chi connectivity index (χ1) is 13.5. The molecule has 28 heavy (non-hydrogen) atoms. The van der Waals surface area contributed by atoms with Crippen LogP contribution in [0.5, 0.6) is 0 Å². The average molecular weight is 389 g/mol. The third-order valence-corrected chi connectivity index (χ3v) is 6.86. The Balaban J connectivity index is 2.00. The fraction of sp³-hybridized carbons (Fsp3) is 0.0435. The van der Waals surface area contributed by atoms with E-state index in [2.05, 4.69) is 0 Å². The first-order valence-electron chi connectivity index (χ1n) is 8.90. The second kappa shape index (κ2) is 5.91. The summed E-state index contributed by atoms with van der Waals surface area (Å²) >= 11 is 0. The predicted molar refractivity (Wildman–Crippen MR) is 111 cm³/mol. The van der Waals surface area contributed by atoms with Gasteiger partial charge in [0.2, 0.25) is 0 Å². The number of rotatable bonds is 2. The summed E-state index contributed by atoms with van der Waals surface area (Å²) in [7, 11) is -3.84. The number of para-hydroxylation sites is 1. The van der Waals surface area contributed by atoms with Gasteiger partial charge in [-0.3, -0.25) is 0 Å². The van der Waals surface area contributed by atoms with Crippen molar-refractivity contribution < 1.29 is 12.8 Å². The standard InChI is InChI=1S/C23H16FNO2S/c1-15-6-10-18(11-7-15)28(26,27)25-22-5-3-2-4-20(22)21-12-8-16-14-17(24)9-13-19(16)23(21)25/h2-14H,1H3. The van der Waals surface area contributed by atoms with Crippen LogP contribution < -0.4 is 0 Å². The smallest absolute Gasteiger partial charge is 0.233 e. The van der Waals surface area contributed by atoms with E-state index in [0.717, 1.165) is 16.3 Å². The average Bonchev–Trinajstić information content (AvgIpc) is 3.03. The highest BCUT2D eigenvalue weighted by atomic mass is 32.2. The van der Waals surface area contributed by atoms with Crippen LogP contribution in [0, 0.1) is 12.7 Å². The highest BCUT2D eigenvalue weighted by molar-refractivity contribution is 7.90. The summed E-state index contributed by atoms with van der Waals surface area (Å²) in [5, 5.41) is 3.03. The van der Waals surface area contributed by atoms with Gasteiger partial charge in [-0.05, 0) is 48.7 Å². The van der Waals surface area contributed by atoms with Gasteiger partial charge in [0.1, 0.15) is 5.82 Å². The van der Waals surface area contributed by atoms with Gasteiger partial charge in [0.25, 0.3) is 10.0 Å². The molecule has 5 heteroatoms. The Bertz CT molecular complexity index is 1480. The van der Waals surface area contributed by atoms with Crippen LogP contribution in [0.2, 0.25) is 0 Å². The van der Waals surface area contributed by atoms with E-state index in [-0.39, 0.29) is 10.7 Å². The Morgan fingerprint density at radius 3 is 2.29 bits per heavy atom. The van der Waals surface area contributed by atoms with Crippen molar-refractivity contribution in [1.82, 2.24) is 3.97 Å². The number of aryl methyl sites for hydroxylation is 1. The van der Waals surface area contributed by atoms with E-state index in [1.807, 2.05) is 37.3 Å². The molecule has 138 valence electrons. The Morgan fingerprint density at radius 1 is 0.786 bits per heavy atom. The van der Waals surface area contributed by atoms with Gasteiger partial charge in [0.05, 0.1) is 15.9 Å². The lowest BCUT2D eigenvalue weighted by molar-refractivity contribution is 0.590. The third-order valence-electron chi connectivity index (χ3n) is 5.13. The molecule has 0 aliphatic heterocycles. The SMILES string of the molecule is Cc1ccc(S(=O)(=O)n2c3ccccc3c3ccc4cc(F)ccc4c32)cc1. The zero-order valence-electron chi connectivity index (χ0n) is 15.1. The van der Waals surface area contributed by atoms with Crippen molar-refractivity contribution in [1.29, 1.82) is 0 Å². The van der Waals surface area contributed by atoms with E-state index in [1.54, 1.807) is 36.4 Å². The molecule has 5 rings (SSSR count). The number of benzene rings is 4. The molecular weight excluding hydrogens is 373 g/mol. The van der Waals surface area contributed by atoms with Crippen molar-refractivity contribution >= 4 is 42.6 Å². The molecule has 5 aromatic rings. The maximum atomic E-state index is 13.8. The Morgan fingerprint density at radius 2 is 1.50 bits per heavy atom. The Hall–Kier alpha value is -3.18. The van der Waals surface area contributed by atoms with Crippen LogP contribution >= 0.6 is 0 Å². The molecule has 0 atom stereocenters. The minimum atomic E-state index is -3.84. The molecule has 0 amide bonds. The van der Waals surface area contributed by atoms with Gasteiger partial charge in [0, 0.05) is 16.2 Å². The zero-order valence-corrected chi connectivity index (χ0v) is 15.9. The highest BCUT2D eigenvalue weighted by Crippen LogP contribution is 2.36. The topological polar surface area (TPSA) is 39.1 Å². The number of hydrogen-bond donors (Lipinski definition) is 0. The third kappa shape index (κ3) is 2.36. The van der Waals surface area contributed by atoms with Crippen LogP contribution in [0.15, 0.2) is 83.8 Å². The first-order valence-corrected chi connectivity index (χ1v) is 10.3. The lowest BCUT2D eigenvalue weighted by Gasteiger charge is -2.11. The van der Waals surface area contributed by atoms with Crippen molar-refractivity contribution in [2.75, 3.05) is 0 Å². The molecule has 1 heterocycles. The molecule has 1 aromatic heterocycles. The van der Waals surface area contributed by atoms with Gasteiger partial charge in [-0.15, -0.1) is 0 Å². The van der Waals surface area contributed by atoms with Gasteiger partial charge in [-0.25, -0.2) is 16.8 Å². The van der Waals surface area contributed by atoms with Gasteiger partial charge in [-0.1, -0.05) is 48.0 Å². The molecule has 0 aliphatic carbocycles. The van der Waals surface area contributed by atoms with Gasteiger partial charge in [0.15, 0.2) is 0 Å². The van der Waals surface area contributed by atoms with Crippen LogP contribution in [0.3, 0.4) is 0 Å². The maximum absolute atomic E-state index is 13.8. The van der Waals surface area contributed by atoms with Crippen molar-refractivity contribution in [3.05, 3.63) is 90.2 Å². The predicted octanol–water partition coefficient (Wildman–Crippen LogP) is 5.63. The molecular formula is C23H16FNO2S. The fourth-order valence-corrected chi connectivity index (χ4v) is 5.33. The number of fused-ring (bicyclic) bond motifs is 5. The molecule has 0 saturated carbocycles. The molecule has 0 radical (unpaired) electrons. The van der Waals surface area contributed by atoms with Crippen molar-refractivity contribution in [2.45, 2.75) is 11.8 Å². The lowest BCUT2D eigenvalue weighted by atomic mass is 10.1. The number of nitrogens with zero attached hydrogens (tertiary/aromatic N) is 1. The maximum Gasteiger partial charge on any atom is 0.268 e. The molecule has 3 nitrogen and oxygen atoms in total. The molecule has 0 spiro atoms. The van der Waals surface area contributed by atoms with Crippen LogP contribution in [0.25, 0.3) is 32.6 Å². The summed E-state index contributed by atoms with van der Waals surface area (Å²) < 4.78 is 42.4. The summed E-state index contributed by atoms with van der Waals surface area (Å²) in [5.41, 5.74) is 2.16. The van der Waals surface area contributed by atoms with Crippen LogP contribution in [-0.2, 0) is 10.0 Å². The zero-order chi connectivity index (χ0) is 19.5. The number of aromatic nitrogens is 1. The van der Waals surface area contributed by atoms with E-state index in [9.17, 15) is 12.8 Å². The summed E-state index contributed by atoms with van der Waals surface area (Å²) in [6.07, 6.45) is 0. The second-order valence-electron chi connectivity index (χ2n) is 6.93. The molecule has 0 N–H and O–H groups in total. The van der Waals surface area contributed by atoms with Crippen molar-refractivity contribution in [3.8, 4) is 0 Å². The largest absolute Gasteiger partial charge is 0.268 e. The summed E-state index contributed by atoms with van der Waals surface area (Å²) in [4.78, 5) is 0.222. The monoisotopic (exact) mass is 389 g/mol. The minimum Gasteiger partial charge on any atom is -0.233 e. The second-order valence-corrected chi connectivity index (χ2v) is 8.71. The van der Waals surface area contributed by atoms with Crippen LogP contribution in [0.4, 0.5) is 4.39 Å². The summed E-state index contributed by atoms with van der Waals surface area (Å²) in [6, 6.07) is 22.4. The van der Waals surface area contributed by atoms with Gasteiger partial charge < -0.3 is 0 Å². The molecule has 0 unspecified atom stereocenters. The lowest BCUT2D eigenvalue weighted by Crippen LogP contribution is -2.13. The molecule has 4 aromatic carbocycles. The quantitative estimate of drug-likeness (QED) is 0.392. The van der Waals surface area contributed by atoms with Crippen LogP contribution in [0.1, 0.15) is 5.56 Å². The number of halogens is 1. The summed E-state index contributed by atoms with van der Waals surface area (Å²) in [5.74, 6) is -0.351. The summed E-state index contributed by atoms with van der Waals surface area (Å²) in [6.45, 7) is 1.92. The molecule has 0 aliphatic rings. The van der Waals surface area contributed by atoms with Crippen LogP contribution in [-0.4, -0.2) is 12.4 Å². The van der Waals surface area contributed by atoms with E-state index in [0.29, 0.717) is 21.8 Å². The van der Waals surface area contributed by atoms with Gasteiger partial charge in [-0.2, -0.15) is 0 Å².